The number of nitrogens with one attached hydrogen (secondary N) is 2. The van der Waals surface area contributed by atoms with Crippen molar-refractivity contribution in [1.29, 1.82) is 0 Å². The molecular formula is CH7N5O4. The molecule has 0 aliphatic carbocycles. The Hall–Kier alpha value is -1.61. The van der Waals surface area contributed by atoms with Crippen LogP contribution in [0, 0.1) is 10.1 Å². The van der Waals surface area contributed by atoms with Gasteiger partial charge in [0.1, 0.15) is 0 Å². The zero-order valence-electron chi connectivity index (χ0n) is 4.77. The molecule has 0 fully saturated rings. The summed E-state index contributed by atoms with van der Waals surface area (Å²) < 4.78 is 0. The van der Waals surface area contributed by atoms with Gasteiger partial charge in [-0.15, -0.1) is 10.1 Å². The van der Waals surface area contributed by atoms with E-state index in [1.165, 1.54) is 0 Å². The summed E-state index contributed by atoms with van der Waals surface area (Å²) in [5, 5.41) is 13.6. The Morgan fingerprint density at radius 1 is 1.50 bits per heavy atom. The Balaban J connectivity index is 0. The van der Waals surface area contributed by atoms with E-state index in [2.05, 4.69) is 11.7 Å². The maximum Gasteiger partial charge on any atom is 0.343 e. The molecule has 60 valence electrons. The normalized spacial score (nSPS) is 6.60. The molecule has 0 aliphatic rings. The maximum atomic E-state index is 9.71. The first-order valence-corrected chi connectivity index (χ1v) is 1.85. The van der Waals surface area contributed by atoms with Gasteiger partial charge in [-0.2, -0.15) is 0 Å². The van der Waals surface area contributed by atoms with Gasteiger partial charge in [0.05, 0.1) is 0 Å². The monoisotopic (exact) mass is 153 g/mol. The van der Waals surface area contributed by atoms with Crippen LogP contribution < -0.4 is 22.5 Å². The third kappa shape index (κ3) is 32.5. The van der Waals surface area contributed by atoms with Crippen molar-refractivity contribution in [2.75, 3.05) is 0 Å². The highest BCUT2D eigenvalue weighted by atomic mass is 16.9. The zero-order chi connectivity index (χ0) is 8.57. The summed E-state index contributed by atoms with van der Waals surface area (Å²) in [6, 6.07) is -0.602. The van der Waals surface area contributed by atoms with Crippen LogP contribution in [0.4, 0.5) is 4.79 Å². The molecule has 7 N–H and O–H groups in total. The van der Waals surface area contributed by atoms with Crippen LogP contribution in [0.3, 0.4) is 0 Å². The molecule has 0 aromatic carbocycles. The lowest BCUT2D eigenvalue weighted by Gasteiger charge is -1.90. The number of rotatable bonds is 0. The average Bonchev–Trinajstić information content (AvgIpc) is 1.85. The van der Waals surface area contributed by atoms with Crippen LogP contribution in [-0.2, 0) is 0 Å². The summed E-state index contributed by atoms with van der Waals surface area (Å²) in [4.78, 5) is 18.1. The number of carbonyl (C=O) groups excluding carboxylic acids is 1. The third-order valence-electron chi connectivity index (χ3n) is 0.262. The number of hydrogen-bond donors (Lipinski definition) is 5. The number of hydrogen-bond acceptors (Lipinski definition) is 5. The molecule has 0 aromatic heterocycles. The van der Waals surface area contributed by atoms with Crippen molar-refractivity contribution in [3.8, 4) is 0 Å². The van der Waals surface area contributed by atoms with Crippen molar-refractivity contribution in [3.05, 3.63) is 10.1 Å². The number of carbonyl (C=O) groups is 1. The molecule has 0 bridgehead atoms. The van der Waals surface area contributed by atoms with Gasteiger partial charge in [0.25, 0.3) is 5.09 Å². The summed E-state index contributed by atoms with van der Waals surface area (Å²) in [6.07, 6.45) is 0. The van der Waals surface area contributed by atoms with Crippen molar-refractivity contribution in [1.82, 2.24) is 10.9 Å². The van der Waals surface area contributed by atoms with E-state index >= 15 is 0 Å². The molecule has 2 amide bonds. The minimum absolute atomic E-state index is 0.602. The molecule has 9 nitrogen and oxygen atoms in total. The van der Waals surface area contributed by atoms with Gasteiger partial charge in [-0.3, -0.25) is 10.9 Å². The quantitative estimate of drug-likeness (QED) is 0.114. The van der Waals surface area contributed by atoms with Crippen molar-refractivity contribution in [2.45, 2.75) is 0 Å². The molecule has 0 rings (SSSR count). The third-order valence-corrected chi connectivity index (χ3v) is 0.262. The zero-order valence-corrected chi connectivity index (χ0v) is 4.77. The Bertz CT molecular complexity index is 102. The number of hydrazine groups is 2. The Morgan fingerprint density at radius 2 is 1.70 bits per heavy atom. The summed E-state index contributed by atoms with van der Waals surface area (Å²) in [7, 11) is 0. The van der Waals surface area contributed by atoms with Crippen LogP contribution in [0.25, 0.3) is 0 Å². The van der Waals surface area contributed by atoms with Gasteiger partial charge in [-0.25, -0.2) is 16.5 Å². The van der Waals surface area contributed by atoms with Crippen LogP contribution in [0.15, 0.2) is 0 Å². The SMILES string of the molecule is NNC(=O)NN.O=[N+]([O-])O. The Labute approximate surface area is 55.0 Å². The molecule has 0 aliphatic heterocycles. The van der Waals surface area contributed by atoms with E-state index in [9.17, 15) is 4.79 Å². The van der Waals surface area contributed by atoms with Crippen molar-refractivity contribution in [2.24, 2.45) is 11.7 Å². The van der Waals surface area contributed by atoms with E-state index < -0.39 is 11.1 Å². The molecular weight excluding hydrogens is 146 g/mol. The summed E-state index contributed by atoms with van der Waals surface area (Å²) in [5.74, 6) is 9.08. The second-order valence-electron chi connectivity index (χ2n) is 0.856. The van der Waals surface area contributed by atoms with Crippen LogP contribution >= 0.6 is 0 Å². The van der Waals surface area contributed by atoms with Gasteiger partial charge in [-0.05, 0) is 0 Å². The largest absolute Gasteiger partial charge is 0.343 e. The van der Waals surface area contributed by atoms with Gasteiger partial charge in [-0.1, -0.05) is 0 Å². The van der Waals surface area contributed by atoms with Gasteiger partial charge >= 0.3 is 6.03 Å². The van der Waals surface area contributed by atoms with Crippen LogP contribution in [0.2, 0.25) is 0 Å². The van der Waals surface area contributed by atoms with Crippen molar-refractivity contribution < 1.29 is 15.1 Å². The fourth-order valence-corrected chi connectivity index (χ4v) is 0.0417. The van der Waals surface area contributed by atoms with Gasteiger partial charge < -0.3 is 5.21 Å². The van der Waals surface area contributed by atoms with Crippen LogP contribution in [0.5, 0.6) is 0 Å². The van der Waals surface area contributed by atoms with E-state index in [0.717, 1.165) is 0 Å². The number of urea groups is 1. The molecule has 0 spiro atoms. The second kappa shape index (κ2) is 7.39. The van der Waals surface area contributed by atoms with Crippen LogP contribution in [-0.4, -0.2) is 16.3 Å². The van der Waals surface area contributed by atoms with Gasteiger partial charge in [0, 0.05) is 0 Å². The molecule has 0 saturated carbocycles. The number of amides is 2. The van der Waals surface area contributed by atoms with E-state index in [-0.39, 0.29) is 0 Å². The Morgan fingerprint density at radius 3 is 1.70 bits per heavy atom. The van der Waals surface area contributed by atoms with E-state index in [1.54, 1.807) is 10.9 Å². The van der Waals surface area contributed by atoms with Gasteiger partial charge in [0.2, 0.25) is 0 Å². The molecule has 0 unspecified atom stereocenters. The van der Waals surface area contributed by atoms with Crippen LogP contribution in [0.1, 0.15) is 0 Å². The topological polar surface area (TPSA) is 157 Å². The highest BCUT2D eigenvalue weighted by Gasteiger charge is 1.83. The first-order chi connectivity index (χ1) is 4.54. The molecule has 9 heteroatoms. The van der Waals surface area contributed by atoms with Crippen molar-refractivity contribution >= 4 is 6.03 Å². The maximum absolute atomic E-state index is 9.71. The summed E-state index contributed by atoms with van der Waals surface area (Å²) in [6.45, 7) is 0. The second-order valence-corrected chi connectivity index (χ2v) is 0.856. The first kappa shape index (κ1) is 11.2. The summed E-state index contributed by atoms with van der Waals surface area (Å²) >= 11 is 0. The lowest BCUT2D eigenvalue weighted by molar-refractivity contribution is -0.742. The molecule has 0 atom stereocenters. The predicted molar refractivity (Wildman–Crippen MR) is 28.8 cm³/mol. The number of nitrogens with two attached hydrogens (primary N) is 2. The Kier molecular flexibility index (Phi) is 8.29. The molecule has 0 radical (unpaired) electrons. The standard InChI is InChI=1S/CH6N4O.HNO3/c2-4-1(6)5-3;2-1(3)4/h2-3H2,(H2,4,5,6);(H,2,3,4). The van der Waals surface area contributed by atoms with E-state index in [4.69, 9.17) is 15.3 Å². The van der Waals surface area contributed by atoms with E-state index in [0.29, 0.717) is 0 Å². The number of nitrogens with zero attached hydrogens (tertiary/aromatic N) is 1. The highest BCUT2D eigenvalue weighted by molar-refractivity contribution is 5.72. The minimum atomic E-state index is -1.50. The minimum Gasteiger partial charge on any atom is -0.328 e. The van der Waals surface area contributed by atoms with E-state index in [1.807, 2.05) is 0 Å². The predicted octanol–water partition coefficient (Wildman–Crippen LogP) is -2.31. The highest BCUT2D eigenvalue weighted by Crippen LogP contribution is 1.42. The smallest absolute Gasteiger partial charge is 0.328 e. The average molecular weight is 153 g/mol. The lowest BCUT2D eigenvalue weighted by Crippen LogP contribution is -2.43. The fourth-order valence-electron chi connectivity index (χ4n) is 0.0417. The summed E-state index contributed by atoms with van der Waals surface area (Å²) in [5.41, 5.74) is 3.48. The molecule has 0 aromatic rings. The van der Waals surface area contributed by atoms with Crippen molar-refractivity contribution in [3.63, 3.8) is 0 Å². The molecule has 10 heavy (non-hydrogen) atoms. The lowest BCUT2D eigenvalue weighted by atomic mass is 11.1. The fraction of sp³-hybridized carbons (Fsp3) is 0. The molecule has 0 saturated heterocycles. The van der Waals surface area contributed by atoms with Gasteiger partial charge in [0.15, 0.2) is 0 Å². The molecule has 0 heterocycles. The first-order valence-electron chi connectivity index (χ1n) is 1.85.